The van der Waals surface area contributed by atoms with E-state index in [1.165, 1.54) is 24.2 Å². The van der Waals surface area contributed by atoms with Crippen molar-refractivity contribution in [2.45, 2.75) is 23.8 Å². The fourth-order valence-corrected chi connectivity index (χ4v) is 1.44. The number of hydrogen-bond acceptors (Lipinski definition) is 3. The number of pyridine rings is 1. The van der Waals surface area contributed by atoms with Crippen LogP contribution in [-0.4, -0.2) is 17.3 Å². The minimum atomic E-state index is -0.283. The molecule has 0 spiro atoms. The molecule has 1 aromatic heterocycles. The zero-order chi connectivity index (χ0) is 9.26. The molecular formula is C9H10FNOS. The van der Waals surface area contributed by atoms with Crippen molar-refractivity contribution in [2.24, 2.45) is 0 Å². The Morgan fingerprint density at radius 3 is 2.92 bits per heavy atom. The molecule has 0 atom stereocenters. The van der Waals surface area contributed by atoms with Gasteiger partial charge in [-0.05, 0) is 19.1 Å². The Labute approximate surface area is 80.5 Å². The van der Waals surface area contributed by atoms with Crippen molar-refractivity contribution in [1.29, 1.82) is 0 Å². The monoisotopic (exact) mass is 199 g/mol. The summed E-state index contributed by atoms with van der Waals surface area (Å²) in [4.78, 5) is 4.45. The summed E-state index contributed by atoms with van der Waals surface area (Å²) in [6.07, 6.45) is 7.05. The van der Waals surface area contributed by atoms with Gasteiger partial charge in [-0.3, -0.25) is 4.98 Å². The molecule has 1 fully saturated rings. The normalized spacial score (nSPS) is 15.8. The van der Waals surface area contributed by atoms with Gasteiger partial charge >= 0.3 is 0 Å². The molecule has 1 aliphatic carbocycles. The molecule has 1 aromatic rings. The third-order valence-corrected chi connectivity index (χ3v) is 2.58. The van der Waals surface area contributed by atoms with E-state index < -0.39 is 0 Å². The van der Waals surface area contributed by atoms with Crippen LogP contribution in [0.3, 0.4) is 0 Å². The Hall–Kier alpha value is -0.770. The standard InChI is InChI=1S/C9H10FNOS/c1-13-8-5-11-4-7(9(8)10)12-6-2-3-6/h4-6H,2-3H2,1H3. The Balaban J connectivity index is 2.22. The molecule has 0 aromatic carbocycles. The third-order valence-electron chi connectivity index (χ3n) is 1.85. The van der Waals surface area contributed by atoms with E-state index in [1.54, 1.807) is 0 Å². The largest absolute Gasteiger partial charge is 0.486 e. The molecule has 2 rings (SSSR count). The van der Waals surface area contributed by atoms with Crippen molar-refractivity contribution in [1.82, 2.24) is 4.98 Å². The van der Waals surface area contributed by atoms with Crippen molar-refractivity contribution in [3.8, 4) is 5.75 Å². The van der Waals surface area contributed by atoms with Crippen molar-refractivity contribution < 1.29 is 9.13 Å². The minimum Gasteiger partial charge on any atom is -0.486 e. The van der Waals surface area contributed by atoms with Crippen LogP contribution in [0.15, 0.2) is 17.3 Å². The maximum absolute atomic E-state index is 13.5. The maximum Gasteiger partial charge on any atom is 0.181 e. The van der Waals surface area contributed by atoms with Crippen LogP contribution in [0.2, 0.25) is 0 Å². The number of aromatic nitrogens is 1. The van der Waals surface area contributed by atoms with Gasteiger partial charge in [0.1, 0.15) is 0 Å². The summed E-state index contributed by atoms with van der Waals surface area (Å²) in [6, 6.07) is 0. The first-order chi connectivity index (χ1) is 6.31. The summed E-state index contributed by atoms with van der Waals surface area (Å²) in [5.41, 5.74) is 0. The van der Waals surface area contributed by atoms with Gasteiger partial charge in [-0.2, -0.15) is 0 Å². The molecule has 0 radical (unpaired) electrons. The van der Waals surface area contributed by atoms with Gasteiger partial charge < -0.3 is 4.74 Å². The third kappa shape index (κ3) is 1.94. The van der Waals surface area contributed by atoms with E-state index in [1.807, 2.05) is 6.26 Å². The second-order valence-electron chi connectivity index (χ2n) is 2.97. The van der Waals surface area contributed by atoms with Crippen LogP contribution in [0.4, 0.5) is 4.39 Å². The quantitative estimate of drug-likeness (QED) is 0.698. The predicted octanol–water partition coefficient (Wildman–Crippen LogP) is 2.48. The van der Waals surface area contributed by atoms with Gasteiger partial charge in [0.2, 0.25) is 0 Å². The van der Waals surface area contributed by atoms with E-state index in [0.29, 0.717) is 4.90 Å². The van der Waals surface area contributed by atoms with E-state index >= 15 is 0 Å². The second-order valence-corrected chi connectivity index (χ2v) is 3.82. The number of nitrogens with zero attached hydrogens (tertiary/aromatic N) is 1. The lowest BCUT2D eigenvalue weighted by Crippen LogP contribution is -1.99. The van der Waals surface area contributed by atoms with Crippen molar-refractivity contribution in [2.75, 3.05) is 6.26 Å². The first kappa shape index (κ1) is 8.81. The first-order valence-corrected chi connectivity index (χ1v) is 5.38. The van der Waals surface area contributed by atoms with E-state index in [2.05, 4.69) is 4.98 Å². The van der Waals surface area contributed by atoms with Gasteiger partial charge in [-0.15, -0.1) is 11.8 Å². The van der Waals surface area contributed by atoms with Crippen molar-refractivity contribution in [3.63, 3.8) is 0 Å². The van der Waals surface area contributed by atoms with Crippen LogP contribution >= 0.6 is 11.8 Å². The molecule has 2 nitrogen and oxygen atoms in total. The number of thioether (sulfide) groups is 1. The van der Waals surface area contributed by atoms with Gasteiger partial charge in [0.15, 0.2) is 11.6 Å². The molecule has 0 bridgehead atoms. The molecular weight excluding hydrogens is 189 g/mol. The summed E-state index contributed by atoms with van der Waals surface area (Å²) < 4.78 is 18.8. The van der Waals surface area contributed by atoms with Crippen molar-refractivity contribution in [3.05, 3.63) is 18.2 Å². The van der Waals surface area contributed by atoms with E-state index in [9.17, 15) is 4.39 Å². The van der Waals surface area contributed by atoms with Gasteiger partial charge in [-0.1, -0.05) is 0 Å². The fourth-order valence-electron chi connectivity index (χ4n) is 0.997. The lowest BCUT2D eigenvalue weighted by Gasteiger charge is -2.06. The van der Waals surface area contributed by atoms with Crippen molar-refractivity contribution >= 4 is 11.8 Å². The van der Waals surface area contributed by atoms with Gasteiger partial charge in [0, 0.05) is 6.20 Å². The van der Waals surface area contributed by atoms with Gasteiger partial charge in [0.05, 0.1) is 17.2 Å². The Kier molecular flexibility index (Phi) is 2.40. The Morgan fingerprint density at radius 2 is 2.31 bits per heavy atom. The minimum absolute atomic E-state index is 0.216. The van der Waals surface area contributed by atoms with Crippen LogP contribution in [0.25, 0.3) is 0 Å². The van der Waals surface area contributed by atoms with E-state index in [4.69, 9.17) is 4.74 Å². The SMILES string of the molecule is CSc1cncc(OC2CC2)c1F. The van der Waals surface area contributed by atoms with Crippen LogP contribution in [0.5, 0.6) is 5.75 Å². The molecule has 0 amide bonds. The summed E-state index contributed by atoms with van der Waals surface area (Å²) in [6.45, 7) is 0. The molecule has 4 heteroatoms. The summed E-state index contributed by atoms with van der Waals surface area (Å²) >= 11 is 1.34. The Morgan fingerprint density at radius 1 is 1.54 bits per heavy atom. The molecule has 0 aliphatic heterocycles. The maximum atomic E-state index is 13.5. The van der Waals surface area contributed by atoms with E-state index in [0.717, 1.165) is 12.8 Å². The fraction of sp³-hybridized carbons (Fsp3) is 0.444. The lowest BCUT2D eigenvalue weighted by molar-refractivity contribution is 0.283. The lowest BCUT2D eigenvalue weighted by atomic mass is 10.4. The molecule has 13 heavy (non-hydrogen) atoms. The molecule has 0 saturated heterocycles. The molecule has 70 valence electrons. The van der Waals surface area contributed by atoms with Crippen LogP contribution in [0, 0.1) is 5.82 Å². The van der Waals surface area contributed by atoms with Gasteiger partial charge in [0.25, 0.3) is 0 Å². The number of rotatable bonds is 3. The van der Waals surface area contributed by atoms with Crippen LogP contribution in [-0.2, 0) is 0 Å². The summed E-state index contributed by atoms with van der Waals surface area (Å²) in [7, 11) is 0. The summed E-state index contributed by atoms with van der Waals surface area (Å²) in [5, 5.41) is 0. The number of halogens is 1. The molecule has 0 N–H and O–H groups in total. The second kappa shape index (κ2) is 3.54. The zero-order valence-corrected chi connectivity index (χ0v) is 8.10. The van der Waals surface area contributed by atoms with Crippen LogP contribution < -0.4 is 4.74 Å². The smallest absolute Gasteiger partial charge is 0.181 e. The van der Waals surface area contributed by atoms with E-state index in [-0.39, 0.29) is 17.7 Å². The highest BCUT2D eigenvalue weighted by atomic mass is 32.2. The molecule has 1 heterocycles. The predicted molar refractivity (Wildman–Crippen MR) is 49.6 cm³/mol. The highest BCUT2D eigenvalue weighted by Crippen LogP contribution is 2.31. The average Bonchev–Trinajstić information content (AvgIpc) is 2.92. The number of ether oxygens (including phenoxy) is 1. The highest BCUT2D eigenvalue weighted by Gasteiger charge is 2.25. The average molecular weight is 199 g/mol. The molecule has 1 saturated carbocycles. The summed E-state index contributed by atoms with van der Waals surface area (Å²) in [5.74, 6) is 0.00347. The number of hydrogen-bond donors (Lipinski definition) is 0. The molecule has 1 aliphatic rings. The molecule has 0 unspecified atom stereocenters. The highest BCUT2D eigenvalue weighted by molar-refractivity contribution is 7.98. The van der Waals surface area contributed by atoms with Gasteiger partial charge in [-0.25, -0.2) is 4.39 Å². The van der Waals surface area contributed by atoms with Crippen LogP contribution in [0.1, 0.15) is 12.8 Å². The topological polar surface area (TPSA) is 22.1 Å². The first-order valence-electron chi connectivity index (χ1n) is 4.15. The zero-order valence-electron chi connectivity index (χ0n) is 7.29. The Bertz CT molecular complexity index is 314.